The second kappa shape index (κ2) is 5.97. The SMILES string of the molecule is COc1ncc(Cl)c(NCC(C)c2nccs2)n1. The standard InChI is InChI=1S/C11H13ClN4OS/c1-7(10-13-3-4-18-10)5-14-9-8(12)6-15-11(16-9)17-2/h3-4,6-7H,5H2,1-2H3,(H,14,15,16). The summed E-state index contributed by atoms with van der Waals surface area (Å²) in [5.41, 5.74) is 0. The minimum absolute atomic E-state index is 0.294. The molecule has 0 bridgehead atoms. The molecule has 2 rings (SSSR count). The highest BCUT2D eigenvalue weighted by Gasteiger charge is 2.10. The molecule has 0 saturated heterocycles. The summed E-state index contributed by atoms with van der Waals surface area (Å²) in [4.78, 5) is 12.3. The van der Waals surface area contributed by atoms with Gasteiger partial charge in [0.05, 0.1) is 18.3 Å². The van der Waals surface area contributed by atoms with Crippen LogP contribution in [0, 0.1) is 0 Å². The molecule has 1 unspecified atom stereocenters. The minimum atomic E-state index is 0.294. The molecule has 0 aliphatic heterocycles. The van der Waals surface area contributed by atoms with Crippen LogP contribution >= 0.6 is 22.9 Å². The average molecular weight is 285 g/mol. The van der Waals surface area contributed by atoms with E-state index in [2.05, 4.69) is 27.2 Å². The smallest absolute Gasteiger partial charge is 0.318 e. The summed E-state index contributed by atoms with van der Waals surface area (Å²) in [5, 5.41) is 6.70. The van der Waals surface area contributed by atoms with Gasteiger partial charge in [-0.05, 0) is 0 Å². The number of hydrogen-bond acceptors (Lipinski definition) is 6. The van der Waals surface area contributed by atoms with E-state index in [4.69, 9.17) is 16.3 Å². The summed E-state index contributed by atoms with van der Waals surface area (Å²) in [6, 6.07) is 0.295. The van der Waals surface area contributed by atoms with Crippen LogP contribution in [0.4, 0.5) is 5.82 Å². The zero-order valence-electron chi connectivity index (χ0n) is 10.1. The molecular weight excluding hydrogens is 272 g/mol. The van der Waals surface area contributed by atoms with Crippen LogP contribution < -0.4 is 10.1 Å². The Morgan fingerprint density at radius 3 is 3.00 bits per heavy atom. The van der Waals surface area contributed by atoms with Crippen molar-refractivity contribution in [1.29, 1.82) is 0 Å². The third kappa shape index (κ3) is 3.08. The first-order chi connectivity index (χ1) is 8.70. The fourth-order valence-corrected chi connectivity index (χ4v) is 2.24. The number of ether oxygens (including phenoxy) is 1. The minimum Gasteiger partial charge on any atom is -0.467 e. The second-order valence-corrected chi connectivity index (χ2v) is 5.04. The van der Waals surface area contributed by atoms with Crippen molar-refractivity contribution >= 4 is 28.8 Å². The third-order valence-electron chi connectivity index (χ3n) is 2.35. The molecule has 0 radical (unpaired) electrons. The maximum Gasteiger partial charge on any atom is 0.318 e. The monoisotopic (exact) mass is 284 g/mol. The van der Waals surface area contributed by atoms with Gasteiger partial charge in [-0.3, -0.25) is 0 Å². The number of nitrogens with one attached hydrogen (secondary N) is 1. The molecule has 5 nitrogen and oxygen atoms in total. The molecule has 0 aromatic carbocycles. The van der Waals surface area contributed by atoms with Gasteiger partial charge >= 0.3 is 6.01 Å². The number of aromatic nitrogens is 3. The highest BCUT2D eigenvalue weighted by molar-refractivity contribution is 7.09. The van der Waals surface area contributed by atoms with Crippen molar-refractivity contribution in [3.8, 4) is 6.01 Å². The lowest BCUT2D eigenvalue weighted by Crippen LogP contribution is -2.11. The summed E-state index contributed by atoms with van der Waals surface area (Å²) >= 11 is 7.64. The molecule has 0 aliphatic rings. The van der Waals surface area contributed by atoms with Gasteiger partial charge in [-0.1, -0.05) is 18.5 Å². The van der Waals surface area contributed by atoms with Crippen molar-refractivity contribution in [2.24, 2.45) is 0 Å². The fourth-order valence-electron chi connectivity index (χ4n) is 1.39. The van der Waals surface area contributed by atoms with Crippen LogP contribution in [0.1, 0.15) is 17.8 Å². The second-order valence-electron chi connectivity index (χ2n) is 3.71. The number of methoxy groups -OCH3 is 1. The van der Waals surface area contributed by atoms with Crippen LogP contribution in [-0.2, 0) is 0 Å². The Balaban J connectivity index is 2.01. The molecule has 0 aliphatic carbocycles. The zero-order valence-corrected chi connectivity index (χ0v) is 11.6. The molecule has 1 atom stereocenters. The van der Waals surface area contributed by atoms with Crippen molar-refractivity contribution in [1.82, 2.24) is 15.0 Å². The van der Waals surface area contributed by atoms with Crippen molar-refractivity contribution in [3.63, 3.8) is 0 Å². The largest absolute Gasteiger partial charge is 0.467 e. The highest BCUT2D eigenvalue weighted by Crippen LogP contribution is 2.22. The molecule has 0 spiro atoms. The predicted octanol–water partition coefficient (Wildman–Crippen LogP) is 2.81. The first-order valence-corrected chi connectivity index (χ1v) is 6.66. The Bertz CT molecular complexity index is 506. The molecule has 18 heavy (non-hydrogen) atoms. The van der Waals surface area contributed by atoms with Crippen molar-refractivity contribution in [2.75, 3.05) is 19.0 Å². The molecule has 2 aromatic heterocycles. The molecule has 96 valence electrons. The highest BCUT2D eigenvalue weighted by atomic mass is 35.5. The van der Waals surface area contributed by atoms with E-state index in [0.29, 0.717) is 29.3 Å². The summed E-state index contributed by atoms with van der Waals surface area (Å²) in [5.74, 6) is 0.869. The lowest BCUT2D eigenvalue weighted by molar-refractivity contribution is 0.380. The van der Waals surface area contributed by atoms with Gasteiger partial charge in [0, 0.05) is 24.0 Å². The van der Waals surface area contributed by atoms with Gasteiger partial charge < -0.3 is 10.1 Å². The van der Waals surface area contributed by atoms with E-state index in [-0.39, 0.29) is 0 Å². The topological polar surface area (TPSA) is 59.9 Å². The van der Waals surface area contributed by atoms with Gasteiger partial charge in [-0.15, -0.1) is 11.3 Å². The van der Waals surface area contributed by atoms with Gasteiger partial charge in [-0.25, -0.2) is 9.97 Å². The Labute approximate surface area is 114 Å². The maximum absolute atomic E-state index is 6.01. The van der Waals surface area contributed by atoms with Crippen LogP contribution in [0.2, 0.25) is 5.02 Å². The summed E-state index contributed by atoms with van der Waals surface area (Å²) in [6.45, 7) is 2.80. The quantitative estimate of drug-likeness (QED) is 0.915. The Hall–Kier alpha value is -1.40. The van der Waals surface area contributed by atoms with E-state index in [1.165, 1.54) is 13.3 Å². The first-order valence-electron chi connectivity index (χ1n) is 5.40. The van der Waals surface area contributed by atoms with Gasteiger partial charge in [0.15, 0.2) is 5.82 Å². The van der Waals surface area contributed by atoms with Gasteiger partial charge in [-0.2, -0.15) is 4.98 Å². The summed E-state index contributed by atoms with van der Waals surface area (Å²) in [7, 11) is 1.52. The third-order valence-corrected chi connectivity index (χ3v) is 3.64. The van der Waals surface area contributed by atoms with Gasteiger partial charge in [0.2, 0.25) is 0 Å². The predicted molar refractivity (Wildman–Crippen MR) is 72.6 cm³/mol. The lowest BCUT2D eigenvalue weighted by Gasteiger charge is -2.11. The van der Waals surface area contributed by atoms with E-state index < -0.39 is 0 Å². The first kappa shape index (κ1) is 13.0. The molecule has 0 fully saturated rings. The number of halogens is 1. The molecule has 0 amide bonds. The van der Waals surface area contributed by atoms with E-state index in [1.807, 2.05) is 5.38 Å². The number of nitrogens with zero attached hydrogens (tertiary/aromatic N) is 3. The van der Waals surface area contributed by atoms with Crippen molar-refractivity contribution < 1.29 is 4.74 Å². The fraction of sp³-hybridized carbons (Fsp3) is 0.364. The summed E-state index contributed by atoms with van der Waals surface area (Å²) in [6.07, 6.45) is 3.32. The molecular formula is C11H13ClN4OS. The van der Waals surface area contributed by atoms with Gasteiger partial charge in [0.25, 0.3) is 0 Å². The van der Waals surface area contributed by atoms with Crippen LogP contribution in [0.3, 0.4) is 0 Å². The summed E-state index contributed by atoms with van der Waals surface area (Å²) < 4.78 is 4.96. The van der Waals surface area contributed by atoms with Crippen molar-refractivity contribution in [3.05, 3.63) is 27.8 Å². The normalized spacial score (nSPS) is 12.2. The van der Waals surface area contributed by atoms with E-state index in [0.717, 1.165) is 5.01 Å². The van der Waals surface area contributed by atoms with Gasteiger partial charge in [0.1, 0.15) is 5.02 Å². The number of rotatable bonds is 5. The average Bonchev–Trinajstić information content (AvgIpc) is 2.91. The van der Waals surface area contributed by atoms with E-state index in [9.17, 15) is 0 Å². The molecule has 2 heterocycles. The van der Waals surface area contributed by atoms with Crippen LogP contribution in [0.25, 0.3) is 0 Å². The maximum atomic E-state index is 6.01. The Morgan fingerprint density at radius 2 is 2.33 bits per heavy atom. The van der Waals surface area contributed by atoms with E-state index >= 15 is 0 Å². The Morgan fingerprint density at radius 1 is 1.50 bits per heavy atom. The van der Waals surface area contributed by atoms with Crippen LogP contribution in [0.5, 0.6) is 6.01 Å². The van der Waals surface area contributed by atoms with Crippen LogP contribution in [0.15, 0.2) is 17.8 Å². The molecule has 1 N–H and O–H groups in total. The number of thiazole rings is 1. The molecule has 0 saturated carbocycles. The lowest BCUT2D eigenvalue weighted by atomic mass is 10.2. The van der Waals surface area contributed by atoms with Crippen molar-refractivity contribution in [2.45, 2.75) is 12.8 Å². The number of anilines is 1. The van der Waals surface area contributed by atoms with Crippen LogP contribution in [-0.4, -0.2) is 28.6 Å². The molecule has 7 heteroatoms. The number of hydrogen-bond donors (Lipinski definition) is 1. The molecule has 2 aromatic rings. The zero-order chi connectivity index (χ0) is 13.0. The Kier molecular flexibility index (Phi) is 4.33. The van der Waals surface area contributed by atoms with E-state index in [1.54, 1.807) is 17.5 Å².